The third-order valence-corrected chi connectivity index (χ3v) is 4.42. The van der Waals surface area contributed by atoms with E-state index >= 15 is 0 Å². The van der Waals surface area contributed by atoms with Crippen molar-refractivity contribution in [3.63, 3.8) is 0 Å². The lowest BCUT2D eigenvalue weighted by atomic mass is 10.1. The lowest BCUT2D eigenvalue weighted by Gasteiger charge is -2.26. The van der Waals surface area contributed by atoms with E-state index in [2.05, 4.69) is 10.1 Å². The topological polar surface area (TPSA) is 67.9 Å². The Balaban J connectivity index is 1.86. The first kappa shape index (κ1) is 20.3. The van der Waals surface area contributed by atoms with Gasteiger partial charge in [0.1, 0.15) is 0 Å². The SMILES string of the molecule is COc1cc(C=CC(=O)N2c3ccccc3NC(=O)CC2C)ccc1OC(F)F. The van der Waals surface area contributed by atoms with Crippen molar-refractivity contribution in [3.05, 3.63) is 54.1 Å². The average Bonchev–Trinajstić information content (AvgIpc) is 2.80. The summed E-state index contributed by atoms with van der Waals surface area (Å²) >= 11 is 0. The summed E-state index contributed by atoms with van der Waals surface area (Å²) in [5.41, 5.74) is 1.75. The smallest absolute Gasteiger partial charge is 0.387 e. The molecule has 0 spiro atoms. The molecule has 1 N–H and O–H groups in total. The van der Waals surface area contributed by atoms with Crippen LogP contribution in [0.2, 0.25) is 0 Å². The molecule has 1 unspecified atom stereocenters. The predicted molar refractivity (Wildman–Crippen MR) is 105 cm³/mol. The van der Waals surface area contributed by atoms with E-state index in [9.17, 15) is 18.4 Å². The van der Waals surface area contributed by atoms with Crippen LogP contribution in [0.5, 0.6) is 11.5 Å². The van der Waals surface area contributed by atoms with E-state index in [1.807, 2.05) is 0 Å². The highest BCUT2D eigenvalue weighted by molar-refractivity contribution is 6.09. The largest absolute Gasteiger partial charge is 0.493 e. The van der Waals surface area contributed by atoms with Crippen LogP contribution in [-0.4, -0.2) is 31.6 Å². The van der Waals surface area contributed by atoms with Gasteiger partial charge in [0.25, 0.3) is 5.91 Å². The van der Waals surface area contributed by atoms with E-state index in [0.717, 1.165) is 0 Å². The van der Waals surface area contributed by atoms with Crippen molar-refractivity contribution in [2.24, 2.45) is 0 Å². The summed E-state index contributed by atoms with van der Waals surface area (Å²) in [5.74, 6) is -0.439. The molecule has 2 aromatic carbocycles. The molecular weight excluding hydrogens is 382 g/mol. The molecule has 2 aromatic rings. The number of methoxy groups -OCH3 is 1. The highest BCUT2D eigenvalue weighted by atomic mass is 19.3. The monoisotopic (exact) mass is 402 g/mol. The van der Waals surface area contributed by atoms with Gasteiger partial charge in [-0.25, -0.2) is 0 Å². The Morgan fingerprint density at radius 2 is 2.00 bits per heavy atom. The molecule has 0 aliphatic carbocycles. The van der Waals surface area contributed by atoms with Gasteiger partial charge in [-0.1, -0.05) is 18.2 Å². The average molecular weight is 402 g/mol. The zero-order valence-electron chi connectivity index (χ0n) is 15.9. The summed E-state index contributed by atoms with van der Waals surface area (Å²) in [6.45, 7) is -1.17. The first-order valence-electron chi connectivity index (χ1n) is 8.92. The number of nitrogens with one attached hydrogen (secondary N) is 1. The number of anilines is 2. The Bertz CT molecular complexity index is 946. The second kappa shape index (κ2) is 8.72. The molecule has 152 valence electrons. The third-order valence-electron chi connectivity index (χ3n) is 4.42. The van der Waals surface area contributed by atoms with Crippen LogP contribution in [0.25, 0.3) is 6.08 Å². The van der Waals surface area contributed by atoms with Crippen molar-refractivity contribution in [2.45, 2.75) is 26.0 Å². The van der Waals surface area contributed by atoms with E-state index in [1.54, 1.807) is 42.2 Å². The van der Waals surface area contributed by atoms with Gasteiger partial charge in [-0.2, -0.15) is 8.78 Å². The van der Waals surface area contributed by atoms with E-state index < -0.39 is 6.61 Å². The van der Waals surface area contributed by atoms with Gasteiger partial charge in [-0.05, 0) is 42.8 Å². The maximum atomic E-state index is 12.9. The number of nitrogens with zero attached hydrogens (tertiary/aromatic N) is 1. The number of halogens is 2. The van der Waals surface area contributed by atoms with E-state index in [-0.39, 0.29) is 35.8 Å². The molecule has 0 radical (unpaired) electrons. The van der Waals surface area contributed by atoms with Gasteiger partial charge in [0, 0.05) is 18.5 Å². The van der Waals surface area contributed by atoms with Crippen LogP contribution in [0.1, 0.15) is 18.9 Å². The zero-order chi connectivity index (χ0) is 21.0. The third kappa shape index (κ3) is 4.71. The van der Waals surface area contributed by atoms with Crippen molar-refractivity contribution in [3.8, 4) is 11.5 Å². The molecule has 0 bridgehead atoms. The lowest BCUT2D eigenvalue weighted by Crippen LogP contribution is -2.37. The van der Waals surface area contributed by atoms with E-state index in [4.69, 9.17) is 4.74 Å². The number of amides is 2. The number of para-hydroxylation sites is 2. The zero-order valence-corrected chi connectivity index (χ0v) is 15.9. The van der Waals surface area contributed by atoms with Crippen LogP contribution in [0, 0.1) is 0 Å². The Labute approximate surface area is 166 Å². The summed E-state index contributed by atoms with van der Waals surface area (Å²) in [4.78, 5) is 26.5. The summed E-state index contributed by atoms with van der Waals surface area (Å²) in [6.07, 6.45) is 3.08. The summed E-state index contributed by atoms with van der Waals surface area (Å²) in [6, 6.07) is 11.1. The van der Waals surface area contributed by atoms with E-state index in [0.29, 0.717) is 16.9 Å². The Morgan fingerprint density at radius 3 is 2.72 bits per heavy atom. The number of carbonyl (C=O) groups is 2. The molecule has 1 aliphatic rings. The Morgan fingerprint density at radius 1 is 1.24 bits per heavy atom. The first-order chi connectivity index (χ1) is 13.9. The number of hydrogen-bond donors (Lipinski definition) is 1. The maximum absolute atomic E-state index is 12.9. The Kier molecular flexibility index (Phi) is 6.11. The molecule has 2 amide bonds. The fourth-order valence-electron chi connectivity index (χ4n) is 3.15. The summed E-state index contributed by atoms with van der Waals surface area (Å²) in [5, 5.41) is 2.80. The fourth-order valence-corrected chi connectivity index (χ4v) is 3.15. The minimum Gasteiger partial charge on any atom is -0.493 e. The number of fused-ring (bicyclic) bond motifs is 1. The van der Waals surface area contributed by atoms with E-state index in [1.165, 1.54) is 31.4 Å². The summed E-state index contributed by atoms with van der Waals surface area (Å²) < 4.78 is 34.4. The van der Waals surface area contributed by atoms with Gasteiger partial charge < -0.3 is 19.7 Å². The number of alkyl halides is 2. The van der Waals surface area contributed by atoms with Crippen molar-refractivity contribution < 1.29 is 27.8 Å². The first-order valence-corrected chi connectivity index (χ1v) is 8.92. The molecule has 6 nitrogen and oxygen atoms in total. The molecule has 3 rings (SSSR count). The molecule has 1 atom stereocenters. The van der Waals surface area contributed by atoms with Crippen LogP contribution in [0.4, 0.5) is 20.2 Å². The molecule has 1 aliphatic heterocycles. The molecule has 0 fully saturated rings. The molecular formula is C21H20F2N2O4. The van der Waals surface area contributed by atoms with Gasteiger partial charge in [-0.15, -0.1) is 0 Å². The van der Waals surface area contributed by atoms with Gasteiger partial charge >= 0.3 is 6.61 Å². The number of ether oxygens (including phenoxy) is 2. The number of hydrogen-bond acceptors (Lipinski definition) is 4. The second-order valence-corrected chi connectivity index (χ2v) is 6.45. The number of carbonyl (C=O) groups excluding carboxylic acids is 2. The maximum Gasteiger partial charge on any atom is 0.387 e. The highest BCUT2D eigenvalue weighted by Crippen LogP contribution is 2.32. The standard InChI is InChI=1S/C21H20F2N2O4/c1-13-11-19(26)24-15-5-3-4-6-16(15)25(13)20(27)10-8-14-7-9-17(29-21(22)23)18(12-14)28-2/h3-10,12-13,21H,11H2,1-2H3,(H,24,26). The van der Waals surface area contributed by atoms with Gasteiger partial charge in [0.05, 0.1) is 18.5 Å². The number of benzene rings is 2. The minimum absolute atomic E-state index is 0.0920. The lowest BCUT2D eigenvalue weighted by molar-refractivity contribution is -0.116. The van der Waals surface area contributed by atoms with Crippen molar-refractivity contribution in [2.75, 3.05) is 17.3 Å². The van der Waals surface area contributed by atoms with Gasteiger partial charge in [-0.3, -0.25) is 9.59 Å². The molecule has 1 heterocycles. The van der Waals surface area contributed by atoms with Crippen LogP contribution < -0.4 is 19.7 Å². The summed E-state index contributed by atoms with van der Waals surface area (Å²) in [7, 11) is 1.34. The Hall–Kier alpha value is -3.42. The van der Waals surface area contributed by atoms with Gasteiger partial charge in [0.2, 0.25) is 5.91 Å². The quantitative estimate of drug-likeness (QED) is 0.766. The minimum atomic E-state index is -2.97. The fraction of sp³-hybridized carbons (Fsp3) is 0.238. The molecule has 0 saturated carbocycles. The van der Waals surface area contributed by atoms with Crippen molar-refractivity contribution >= 4 is 29.3 Å². The highest BCUT2D eigenvalue weighted by Gasteiger charge is 2.28. The van der Waals surface area contributed by atoms with Crippen LogP contribution in [-0.2, 0) is 9.59 Å². The number of rotatable bonds is 5. The van der Waals surface area contributed by atoms with Crippen LogP contribution >= 0.6 is 0 Å². The molecule has 8 heteroatoms. The van der Waals surface area contributed by atoms with Gasteiger partial charge in [0.15, 0.2) is 11.5 Å². The molecule has 0 saturated heterocycles. The van der Waals surface area contributed by atoms with Crippen molar-refractivity contribution in [1.29, 1.82) is 0 Å². The molecule has 0 aromatic heterocycles. The van der Waals surface area contributed by atoms with Crippen molar-refractivity contribution in [1.82, 2.24) is 0 Å². The second-order valence-electron chi connectivity index (χ2n) is 6.45. The predicted octanol–water partition coefficient (Wildman–Crippen LogP) is 4.07. The van der Waals surface area contributed by atoms with Crippen LogP contribution in [0.15, 0.2) is 48.5 Å². The molecule has 29 heavy (non-hydrogen) atoms. The normalized spacial score (nSPS) is 16.4. The van der Waals surface area contributed by atoms with Crippen LogP contribution in [0.3, 0.4) is 0 Å².